The van der Waals surface area contributed by atoms with Crippen LogP contribution in [-0.4, -0.2) is 47.7 Å². The highest BCUT2D eigenvalue weighted by Crippen LogP contribution is 2.30. The number of carbonyl (C=O) groups excluding carboxylic acids is 2. The summed E-state index contributed by atoms with van der Waals surface area (Å²) < 4.78 is 0. The van der Waals surface area contributed by atoms with Crippen LogP contribution < -0.4 is 10.2 Å². The van der Waals surface area contributed by atoms with E-state index in [0.29, 0.717) is 17.2 Å². The molecule has 0 unspecified atom stereocenters. The molecule has 1 aromatic rings. The number of piperidine rings is 2. The summed E-state index contributed by atoms with van der Waals surface area (Å²) in [7, 11) is 0. The van der Waals surface area contributed by atoms with Crippen molar-refractivity contribution in [1.82, 2.24) is 4.90 Å². The lowest BCUT2D eigenvalue weighted by atomic mass is 9.98. The van der Waals surface area contributed by atoms with Crippen molar-refractivity contribution in [2.45, 2.75) is 43.9 Å². The minimum Gasteiger partial charge on any atom is -0.371 e. The molecular weight excluding hydrogens is 385 g/mol. The van der Waals surface area contributed by atoms with Crippen LogP contribution in [0.3, 0.4) is 0 Å². The molecule has 1 N–H and O–H groups in total. The zero-order valence-corrected chi connectivity index (χ0v) is 17.2. The van der Waals surface area contributed by atoms with E-state index in [1.165, 1.54) is 6.42 Å². The first-order valence-electron chi connectivity index (χ1n) is 9.73. The molecule has 2 fully saturated rings. The van der Waals surface area contributed by atoms with Gasteiger partial charge in [0.15, 0.2) is 4.84 Å². The van der Waals surface area contributed by atoms with Crippen LogP contribution in [-0.2, 0) is 4.79 Å². The Kier molecular flexibility index (Phi) is 6.88. The van der Waals surface area contributed by atoms with E-state index in [1.54, 1.807) is 6.07 Å². The van der Waals surface area contributed by atoms with E-state index in [9.17, 15) is 9.59 Å². The number of benzene rings is 1. The van der Waals surface area contributed by atoms with E-state index in [1.807, 2.05) is 17.0 Å². The van der Waals surface area contributed by atoms with Gasteiger partial charge < -0.3 is 15.1 Å². The van der Waals surface area contributed by atoms with E-state index >= 15 is 0 Å². The highest BCUT2D eigenvalue weighted by Gasteiger charge is 2.26. The van der Waals surface area contributed by atoms with Crippen molar-refractivity contribution < 1.29 is 9.59 Å². The van der Waals surface area contributed by atoms with Gasteiger partial charge in [-0.25, -0.2) is 0 Å². The maximum atomic E-state index is 13.3. The quantitative estimate of drug-likeness (QED) is 0.751. The fourth-order valence-electron chi connectivity index (χ4n) is 3.77. The SMILES string of the molecule is CC1CCN(C(=O)c2cc(NC(=O)C(Cl)Cl)ccc2N2CCCCC2)CC1. The second-order valence-corrected chi connectivity index (χ2v) is 8.64. The van der Waals surface area contributed by atoms with Crippen LogP contribution in [0.15, 0.2) is 18.2 Å². The molecule has 0 aliphatic carbocycles. The maximum absolute atomic E-state index is 13.3. The van der Waals surface area contributed by atoms with Crippen molar-refractivity contribution in [3.63, 3.8) is 0 Å². The van der Waals surface area contributed by atoms with E-state index in [4.69, 9.17) is 23.2 Å². The molecule has 2 aliphatic heterocycles. The molecule has 0 atom stereocenters. The molecule has 27 heavy (non-hydrogen) atoms. The second kappa shape index (κ2) is 9.16. The van der Waals surface area contributed by atoms with E-state index in [0.717, 1.165) is 57.5 Å². The number of anilines is 2. The Balaban J connectivity index is 1.88. The Morgan fingerprint density at radius 1 is 1.07 bits per heavy atom. The molecule has 2 saturated heterocycles. The first-order chi connectivity index (χ1) is 13.0. The zero-order valence-electron chi connectivity index (χ0n) is 15.7. The summed E-state index contributed by atoms with van der Waals surface area (Å²) in [6, 6.07) is 5.50. The summed E-state index contributed by atoms with van der Waals surface area (Å²) in [6.45, 7) is 5.69. The third kappa shape index (κ3) is 5.08. The van der Waals surface area contributed by atoms with Gasteiger partial charge in [-0.2, -0.15) is 0 Å². The van der Waals surface area contributed by atoms with E-state index in [-0.39, 0.29) is 5.91 Å². The summed E-state index contributed by atoms with van der Waals surface area (Å²) in [5.41, 5.74) is 2.13. The Labute approximate surface area is 171 Å². The van der Waals surface area contributed by atoms with Crippen molar-refractivity contribution >= 4 is 46.4 Å². The highest BCUT2D eigenvalue weighted by molar-refractivity contribution is 6.54. The number of rotatable bonds is 4. The molecule has 5 nitrogen and oxygen atoms in total. The molecule has 7 heteroatoms. The molecular formula is C20H27Cl2N3O2. The summed E-state index contributed by atoms with van der Waals surface area (Å²) in [5, 5.41) is 2.68. The zero-order chi connectivity index (χ0) is 19.4. The van der Waals surface area contributed by atoms with Crippen LogP contribution in [0.1, 0.15) is 49.4 Å². The van der Waals surface area contributed by atoms with Crippen molar-refractivity contribution in [2.75, 3.05) is 36.4 Å². The van der Waals surface area contributed by atoms with E-state index in [2.05, 4.69) is 17.1 Å². The lowest BCUT2D eigenvalue weighted by Crippen LogP contribution is -2.39. The molecule has 0 radical (unpaired) electrons. The lowest BCUT2D eigenvalue weighted by Gasteiger charge is -2.34. The number of hydrogen-bond donors (Lipinski definition) is 1. The van der Waals surface area contributed by atoms with Gasteiger partial charge >= 0.3 is 0 Å². The van der Waals surface area contributed by atoms with Crippen LogP contribution in [0.2, 0.25) is 0 Å². The molecule has 2 heterocycles. The Bertz CT molecular complexity index is 682. The summed E-state index contributed by atoms with van der Waals surface area (Å²) in [4.78, 5) is 28.2. The second-order valence-electron chi connectivity index (χ2n) is 7.54. The van der Waals surface area contributed by atoms with Gasteiger partial charge in [-0.1, -0.05) is 30.1 Å². The number of nitrogens with zero attached hydrogens (tertiary/aromatic N) is 2. The first kappa shape index (κ1) is 20.3. The van der Waals surface area contributed by atoms with Crippen LogP contribution in [0.5, 0.6) is 0 Å². The van der Waals surface area contributed by atoms with Gasteiger partial charge in [0.2, 0.25) is 0 Å². The Morgan fingerprint density at radius 3 is 2.37 bits per heavy atom. The number of halogens is 2. The molecule has 1 aromatic carbocycles. The average molecular weight is 412 g/mol. The predicted molar refractivity (Wildman–Crippen MR) is 111 cm³/mol. The predicted octanol–water partition coefficient (Wildman–Crippen LogP) is 4.29. The number of likely N-dealkylation sites (tertiary alicyclic amines) is 1. The van der Waals surface area contributed by atoms with Gasteiger partial charge in [0, 0.05) is 37.6 Å². The monoisotopic (exact) mass is 411 g/mol. The number of hydrogen-bond acceptors (Lipinski definition) is 3. The summed E-state index contributed by atoms with van der Waals surface area (Å²) >= 11 is 11.3. The van der Waals surface area contributed by atoms with Crippen LogP contribution in [0.4, 0.5) is 11.4 Å². The summed E-state index contributed by atoms with van der Waals surface area (Å²) in [6.07, 6.45) is 5.55. The smallest absolute Gasteiger partial charge is 0.257 e. The van der Waals surface area contributed by atoms with Gasteiger partial charge in [-0.3, -0.25) is 9.59 Å². The van der Waals surface area contributed by atoms with Gasteiger partial charge in [0.1, 0.15) is 0 Å². The molecule has 0 aromatic heterocycles. The normalized spacial score (nSPS) is 18.7. The fraction of sp³-hybridized carbons (Fsp3) is 0.600. The van der Waals surface area contributed by atoms with Crippen LogP contribution >= 0.6 is 23.2 Å². The number of alkyl halides is 2. The summed E-state index contributed by atoms with van der Waals surface area (Å²) in [5.74, 6) is 0.201. The minimum atomic E-state index is -1.14. The largest absolute Gasteiger partial charge is 0.371 e. The molecule has 2 aliphatic rings. The molecule has 0 bridgehead atoms. The fourth-order valence-corrected chi connectivity index (χ4v) is 3.88. The lowest BCUT2D eigenvalue weighted by molar-refractivity contribution is -0.114. The molecule has 3 rings (SSSR count). The third-order valence-corrected chi connectivity index (χ3v) is 5.86. The number of nitrogens with one attached hydrogen (secondary N) is 1. The topological polar surface area (TPSA) is 52.7 Å². The van der Waals surface area contributed by atoms with Gasteiger partial charge in [-0.05, 0) is 56.2 Å². The first-order valence-corrected chi connectivity index (χ1v) is 10.6. The van der Waals surface area contributed by atoms with Crippen LogP contribution in [0, 0.1) is 5.92 Å². The Hall–Kier alpha value is -1.46. The maximum Gasteiger partial charge on any atom is 0.257 e. The molecule has 148 valence electrons. The van der Waals surface area contributed by atoms with Crippen molar-refractivity contribution in [3.05, 3.63) is 23.8 Å². The van der Waals surface area contributed by atoms with Crippen molar-refractivity contribution in [2.24, 2.45) is 5.92 Å². The van der Waals surface area contributed by atoms with Gasteiger partial charge in [0.25, 0.3) is 11.8 Å². The number of amides is 2. The van der Waals surface area contributed by atoms with Gasteiger partial charge in [-0.15, -0.1) is 0 Å². The molecule has 0 saturated carbocycles. The number of carbonyl (C=O) groups is 2. The van der Waals surface area contributed by atoms with Crippen molar-refractivity contribution in [3.8, 4) is 0 Å². The third-order valence-electron chi connectivity index (χ3n) is 5.46. The van der Waals surface area contributed by atoms with E-state index < -0.39 is 10.7 Å². The average Bonchev–Trinajstić information content (AvgIpc) is 2.68. The highest BCUT2D eigenvalue weighted by atomic mass is 35.5. The molecule has 0 spiro atoms. The standard InChI is InChI=1S/C20H27Cl2N3O2/c1-14-7-11-25(12-8-14)20(27)16-13-15(23-19(26)18(21)22)5-6-17(16)24-9-3-2-4-10-24/h5-6,13-14,18H,2-4,7-12H2,1H3,(H,23,26). The van der Waals surface area contributed by atoms with Gasteiger partial charge in [0.05, 0.1) is 5.56 Å². The molecule has 2 amide bonds. The minimum absolute atomic E-state index is 0.0341. The Morgan fingerprint density at radius 2 is 1.74 bits per heavy atom. The van der Waals surface area contributed by atoms with Crippen LogP contribution in [0.25, 0.3) is 0 Å². The van der Waals surface area contributed by atoms with Crippen molar-refractivity contribution in [1.29, 1.82) is 0 Å².